The average Bonchev–Trinajstić information content (AvgIpc) is 3.01. The first-order valence-corrected chi connectivity index (χ1v) is 8.61. The maximum atomic E-state index is 10.1. The zero-order valence-corrected chi connectivity index (χ0v) is 13.6. The molecule has 1 aliphatic heterocycles. The molecular formula is C15H24N4OS. The molecule has 1 saturated heterocycles. The van der Waals surface area contributed by atoms with Crippen molar-refractivity contribution < 1.29 is 5.11 Å². The number of rotatable bonds is 5. The van der Waals surface area contributed by atoms with Gasteiger partial charge in [-0.3, -0.25) is 4.40 Å². The van der Waals surface area contributed by atoms with Gasteiger partial charge in [0, 0.05) is 31.2 Å². The summed E-state index contributed by atoms with van der Waals surface area (Å²) in [5.74, 6) is 1.08. The zero-order valence-electron chi connectivity index (χ0n) is 12.8. The van der Waals surface area contributed by atoms with Gasteiger partial charge in [-0.15, -0.1) is 11.3 Å². The van der Waals surface area contributed by atoms with Gasteiger partial charge in [0.15, 0.2) is 10.8 Å². The van der Waals surface area contributed by atoms with E-state index in [1.165, 1.54) is 5.69 Å². The Labute approximate surface area is 129 Å². The van der Waals surface area contributed by atoms with Gasteiger partial charge >= 0.3 is 0 Å². The van der Waals surface area contributed by atoms with Crippen LogP contribution in [0.1, 0.15) is 38.8 Å². The van der Waals surface area contributed by atoms with E-state index in [2.05, 4.69) is 33.1 Å². The van der Waals surface area contributed by atoms with Crippen LogP contribution >= 0.6 is 11.3 Å². The Bertz CT molecular complexity index is 594. The van der Waals surface area contributed by atoms with Crippen molar-refractivity contribution in [2.24, 2.45) is 0 Å². The van der Waals surface area contributed by atoms with Crippen LogP contribution in [-0.4, -0.2) is 39.7 Å². The Kier molecular flexibility index (Phi) is 4.19. The van der Waals surface area contributed by atoms with Crippen molar-refractivity contribution in [3.63, 3.8) is 0 Å². The minimum Gasteiger partial charge on any atom is -0.390 e. The number of nitrogens with one attached hydrogen (secondary N) is 1. The lowest BCUT2D eigenvalue weighted by molar-refractivity contribution is 0.0350. The van der Waals surface area contributed by atoms with Gasteiger partial charge in [0.2, 0.25) is 0 Å². The summed E-state index contributed by atoms with van der Waals surface area (Å²) in [4.78, 5) is 8.18. The molecule has 2 N–H and O–H groups in total. The number of hydrogen-bond donors (Lipinski definition) is 2. The van der Waals surface area contributed by atoms with Crippen molar-refractivity contribution >= 4 is 22.1 Å². The molecule has 0 aromatic carbocycles. The molecule has 0 unspecified atom stereocenters. The summed E-state index contributed by atoms with van der Waals surface area (Å²) in [6.45, 7) is 7.72. The molecule has 21 heavy (non-hydrogen) atoms. The first-order chi connectivity index (χ1) is 10.1. The highest BCUT2D eigenvalue weighted by atomic mass is 32.1. The molecule has 1 fully saturated rings. The molecule has 0 radical (unpaired) electrons. The zero-order chi connectivity index (χ0) is 14.9. The summed E-state index contributed by atoms with van der Waals surface area (Å²) >= 11 is 1.67. The van der Waals surface area contributed by atoms with E-state index in [-0.39, 0.29) is 0 Å². The van der Waals surface area contributed by atoms with E-state index >= 15 is 0 Å². The van der Waals surface area contributed by atoms with Crippen LogP contribution in [0.15, 0.2) is 11.6 Å². The smallest absolute Gasteiger partial charge is 0.195 e. The highest BCUT2D eigenvalue weighted by molar-refractivity contribution is 7.15. The van der Waals surface area contributed by atoms with E-state index in [0.717, 1.165) is 56.2 Å². The third-order valence-electron chi connectivity index (χ3n) is 4.20. The van der Waals surface area contributed by atoms with Crippen LogP contribution in [0.25, 0.3) is 4.96 Å². The fraction of sp³-hybridized carbons (Fsp3) is 0.667. The highest BCUT2D eigenvalue weighted by Crippen LogP contribution is 2.29. The van der Waals surface area contributed by atoms with Crippen molar-refractivity contribution in [1.82, 2.24) is 14.7 Å². The number of piperidine rings is 1. The largest absolute Gasteiger partial charge is 0.390 e. The molecule has 0 aliphatic carbocycles. The number of anilines is 1. The van der Waals surface area contributed by atoms with Crippen LogP contribution in [-0.2, 0) is 6.54 Å². The van der Waals surface area contributed by atoms with Crippen LogP contribution < -0.4 is 10.2 Å². The Morgan fingerprint density at radius 1 is 1.43 bits per heavy atom. The number of fused-ring (bicyclic) bond motifs is 1. The summed E-state index contributed by atoms with van der Waals surface area (Å²) < 4.78 is 2.19. The Morgan fingerprint density at radius 3 is 2.90 bits per heavy atom. The van der Waals surface area contributed by atoms with Crippen LogP contribution in [0.5, 0.6) is 0 Å². The molecular weight excluding hydrogens is 284 g/mol. The van der Waals surface area contributed by atoms with Crippen LogP contribution in [0.3, 0.4) is 0 Å². The third-order valence-corrected chi connectivity index (χ3v) is 4.96. The Morgan fingerprint density at radius 2 is 2.19 bits per heavy atom. The summed E-state index contributed by atoms with van der Waals surface area (Å²) in [6.07, 6.45) is 4.84. The summed E-state index contributed by atoms with van der Waals surface area (Å²) in [5.41, 5.74) is 0.718. The van der Waals surface area contributed by atoms with E-state index < -0.39 is 5.60 Å². The first-order valence-electron chi connectivity index (χ1n) is 7.73. The molecule has 6 heteroatoms. The number of aliphatic hydroxyl groups is 1. The molecule has 0 saturated carbocycles. The van der Waals surface area contributed by atoms with Gasteiger partial charge in [-0.2, -0.15) is 0 Å². The lowest BCUT2D eigenvalue weighted by Gasteiger charge is -2.36. The second kappa shape index (κ2) is 5.94. The molecule has 0 atom stereocenters. The Balaban J connectivity index is 1.83. The topological polar surface area (TPSA) is 52.8 Å². The fourth-order valence-electron chi connectivity index (χ4n) is 2.82. The second-order valence-electron chi connectivity index (χ2n) is 6.10. The molecule has 0 spiro atoms. The molecule has 116 valence electrons. The van der Waals surface area contributed by atoms with Crippen LogP contribution in [0.2, 0.25) is 0 Å². The predicted octanol–water partition coefficient (Wildman–Crippen LogP) is 2.25. The van der Waals surface area contributed by atoms with E-state index in [4.69, 9.17) is 4.98 Å². The first kappa shape index (κ1) is 14.8. The fourth-order valence-corrected chi connectivity index (χ4v) is 3.55. The number of aromatic nitrogens is 2. The minimum absolute atomic E-state index is 0.520. The SMILES string of the molecule is CCCNCc1c(N2CCC(C)(O)CC2)nc2sccn12. The second-order valence-corrected chi connectivity index (χ2v) is 6.97. The standard InChI is InChI=1S/C15H24N4OS/c1-3-6-16-11-12-13(17-14-19(12)9-10-21-14)18-7-4-15(2,20)5-8-18/h9-10,16,20H,3-8,11H2,1-2H3. The van der Waals surface area contributed by atoms with Gasteiger partial charge in [-0.1, -0.05) is 6.92 Å². The van der Waals surface area contributed by atoms with Crippen LogP contribution in [0.4, 0.5) is 5.82 Å². The highest BCUT2D eigenvalue weighted by Gasteiger charge is 2.29. The molecule has 1 aliphatic rings. The molecule has 5 nitrogen and oxygen atoms in total. The normalized spacial score (nSPS) is 18.5. The monoisotopic (exact) mass is 308 g/mol. The maximum absolute atomic E-state index is 10.1. The van der Waals surface area contributed by atoms with Gasteiger partial charge in [0.25, 0.3) is 0 Å². The van der Waals surface area contributed by atoms with Crippen LogP contribution in [0, 0.1) is 0 Å². The van der Waals surface area contributed by atoms with Crippen molar-refractivity contribution in [2.75, 3.05) is 24.5 Å². The molecule has 3 rings (SSSR count). The average molecular weight is 308 g/mol. The van der Waals surface area contributed by atoms with E-state index in [1.54, 1.807) is 11.3 Å². The number of thiazole rings is 1. The molecule has 2 aromatic heterocycles. The maximum Gasteiger partial charge on any atom is 0.195 e. The van der Waals surface area contributed by atoms with Crippen molar-refractivity contribution in [3.8, 4) is 0 Å². The van der Waals surface area contributed by atoms with E-state index in [9.17, 15) is 5.11 Å². The summed E-state index contributed by atoms with van der Waals surface area (Å²) in [6, 6.07) is 0. The Hall–Kier alpha value is -1.11. The number of imidazole rings is 1. The quantitative estimate of drug-likeness (QED) is 0.832. The molecule has 0 amide bonds. The van der Waals surface area contributed by atoms with Gasteiger partial charge in [-0.05, 0) is 32.7 Å². The lowest BCUT2D eigenvalue weighted by atomic mass is 9.94. The van der Waals surface area contributed by atoms with Gasteiger partial charge in [-0.25, -0.2) is 4.98 Å². The molecule has 0 bridgehead atoms. The van der Waals surface area contributed by atoms with Crippen molar-refractivity contribution in [3.05, 3.63) is 17.3 Å². The van der Waals surface area contributed by atoms with Gasteiger partial charge in [0.1, 0.15) is 0 Å². The van der Waals surface area contributed by atoms with Gasteiger partial charge in [0.05, 0.1) is 11.3 Å². The lowest BCUT2D eigenvalue weighted by Crippen LogP contribution is -2.43. The molecule has 2 aromatic rings. The van der Waals surface area contributed by atoms with Crippen molar-refractivity contribution in [1.29, 1.82) is 0 Å². The minimum atomic E-state index is -0.520. The van der Waals surface area contributed by atoms with E-state index in [1.807, 2.05) is 6.92 Å². The summed E-state index contributed by atoms with van der Waals surface area (Å²) in [7, 11) is 0. The number of nitrogens with zero attached hydrogens (tertiary/aromatic N) is 3. The van der Waals surface area contributed by atoms with Gasteiger partial charge < -0.3 is 15.3 Å². The van der Waals surface area contributed by atoms with Crippen molar-refractivity contribution in [2.45, 2.75) is 45.3 Å². The molecule has 3 heterocycles. The third kappa shape index (κ3) is 3.07. The van der Waals surface area contributed by atoms with E-state index in [0.29, 0.717) is 0 Å². The number of hydrogen-bond acceptors (Lipinski definition) is 5. The summed E-state index contributed by atoms with van der Waals surface area (Å²) in [5, 5.41) is 15.7. The predicted molar refractivity (Wildman–Crippen MR) is 87.1 cm³/mol.